The second-order valence-electron chi connectivity index (χ2n) is 9.78. The van der Waals surface area contributed by atoms with E-state index in [2.05, 4.69) is 37.4 Å². The van der Waals surface area contributed by atoms with Crippen molar-refractivity contribution in [3.05, 3.63) is 24.3 Å². The second kappa shape index (κ2) is 19.1. The van der Waals surface area contributed by atoms with Gasteiger partial charge in [-0.1, -0.05) is 96.9 Å². The number of hydrogen-bond donors (Lipinski definition) is 1. The van der Waals surface area contributed by atoms with E-state index in [-0.39, 0.29) is 23.9 Å². The van der Waals surface area contributed by atoms with Crippen LogP contribution < -0.4 is 5.32 Å². The van der Waals surface area contributed by atoms with E-state index < -0.39 is 18.1 Å². The van der Waals surface area contributed by atoms with Crippen molar-refractivity contribution in [2.45, 2.75) is 129 Å². The largest absolute Gasteiger partial charge is 0.461 e. The lowest BCUT2D eigenvalue weighted by Gasteiger charge is -2.37. The molecular weight excluding hydrogens is 442 g/mol. The number of carbonyl (C=O) groups excluding carboxylic acids is 3. The first kappa shape index (κ1) is 30.9. The topological polar surface area (TPSA) is 81.7 Å². The van der Waals surface area contributed by atoms with E-state index in [1.807, 2.05) is 19.9 Å². The summed E-state index contributed by atoms with van der Waals surface area (Å²) in [4.78, 5) is 36.0. The standard InChI is InChI=1S/C29H49NO5/c1-5-8-10-12-13-14-15-16-17-19-24(34-29(33)27(30-22-31)23(4)7-3)21-26-25(28(32)35-26)20-18-11-9-6-2/h13-14,16-17,22-27H,5-12,15,18-21H2,1-4H3,(H,30,31)/b14-13+,17-16+/t23-,24+,25-,26+,27+/m0/s1. The minimum absolute atomic E-state index is 0.0328. The molecule has 5 atom stereocenters. The van der Waals surface area contributed by atoms with Crippen LogP contribution in [0.1, 0.15) is 111 Å². The normalized spacial score (nSPS) is 20.3. The van der Waals surface area contributed by atoms with Crippen LogP contribution >= 0.6 is 0 Å². The fraction of sp³-hybridized carbons (Fsp3) is 0.759. The molecule has 0 aromatic rings. The molecule has 0 bridgehead atoms. The highest BCUT2D eigenvalue weighted by Gasteiger charge is 2.43. The van der Waals surface area contributed by atoms with E-state index in [0.717, 1.165) is 44.9 Å². The molecule has 35 heavy (non-hydrogen) atoms. The first-order valence-electron chi connectivity index (χ1n) is 13.9. The van der Waals surface area contributed by atoms with Gasteiger partial charge in [-0.3, -0.25) is 9.59 Å². The maximum Gasteiger partial charge on any atom is 0.329 e. The molecule has 1 heterocycles. The summed E-state index contributed by atoms with van der Waals surface area (Å²) in [5.74, 6) is -0.706. The fourth-order valence-electron chi connectivity index (χ4n) is 4.32. The third-order valence-corrected chi connectivity index (χ3v) is 6.86. The molecular formula is C29H49NO5. The van der Waals surface area contributed by atoms with Crippen molar-refractivity contribution in [1.29, 1.82) is 0 Å². The monoisotopic (exact) mass is 491 g/mol. The third kappa shape index (κ3) is 12.4. The van der Waals surface area contributed by atoms with Gasteiger partial charge in [0.1, 0.15) is 18.2 Å². The molecule has 1 amide bonds. The number of amides is 1. The van der Waals surface area contributed by atoms with Gasteiger partial charge < -0.3 is 14.8 Å². The molecule has 0 aliphatic carbocycles. The Morgan fingerprint density at radius 2 is 1.74 bits per heavy atom. The molecule has 0 radical (unpaired) electrons. The Hall–Kier alpha value is -2.11. The van der Waals surface area contributed by atoms with Crippen LogP contribution in [0.25, 0.3) is 0 Å². The summed E-state index contributed by atoms with van der Waals surface area (Å²) in [7, 11) is 0. The van der Waals surface area contributed by atoms with Gasteiger partial charge >= 0.3 is 11.9 Å². The summed E-state index contributed by atoms with van der Waals surface area (Å²) in [6.07, 6.45) is 21.2. The van der Waals surface area contributed by atoms with E-state index in [1.54, 1.807) is 0 Å². The number of unbranched alkanes of at least 4 members (excludes halogenated alkanes) is 6. The Balaban J connectivity index is 2.72. The third-order valence-electron chi connectivity index (χ3n) is 6.86. The zero-order valence-electron chi connectivity index (χ0n) is 22.5. The molecule has 6 nitrogen and oxygen atoms in total. The van der Waals surface area contributed by atoms with Gasteiger partial charge in [-0.25, -0.2) is 4.79 Å². The van der Waals surface area contributed by atoms with Crippen molar-refractivity contribution < 1.29 is 23.9 Å². The highest BCUT2D eigenvalue weighted by molar-refractivity contribution is 5.79. The van der Waals surface area contributed by atoms with Crippen molar-refractivity contribution in [2.24, 2.45) is 11.8 Å². The smallest absolute Gasteiger partial charge is 0.329 e. The number of nitrogens with one attached hydrogen (secondary N) is 1. The number of ether oxygens (including phenoxy) is 2. The maximum absolute atomic E-state index is 12.9. The number of cyclic esters (lactones) is 1. The van der Waals surface area contributed by atoms with Crippen LogP contribution in [0.2, 0.25) is 0 Å². The quantitative estimate of drug-likeness (QED) is 0.0865. The Morgan fingerprint density at radius 1 is 1.03 bits per heavy atom. The Bertz CT molecular complexity index is 659. The van der Waals surface area contributed by atoms with Gasteiger partial charge in [-0.05, 0) is 31.6 Å². The van der Waals surface area contributed by atoms with Crippen LogP contribution in [0.3, 0.4) is 0 Å². The first-order chi connectivity index (χ1) is 17.0. The van der Waals surface area contributed by atoms with Crippen LogP contribution in [-0.2, 0) is 23.9 Å². The Labute approximate surface area is 213 Å². The highest BCUT2D eigenvalue weighted by Crippen LogP contribution is 2.32. The molecule has 0 spiro atoms. The second-order valence-corrected chi connectivity index (χ2v) is 9.78. The number of rotatable bonds is 21. The molecule has 1 aliphatic heterocycles. The highest BCUT2D eigenvalue weighted by atomic mass is 16.6. The molecule has 1 N–H and O–H groups in total. The van der Waals surface area contributed by atoms with E-state index in [4.69, 9.17) is 9.47 Å². The number of hydrogen-bond acceptors (Lipinski definition) is 5. The average molecular weight is 492 g/mol. The van der Waals surface area contributed by atoms with Gasteiger partial charge in [0.05, 0.1) is 5.92 Å². The van der Waals surface area contributed by atoms with Gasteiger partial charge in [-0.2, -0.15) is 0 Å². The average Bonchev–Trinajstić information content (AvgIpc) is 2.85. The predicted molar refractivity (Wildman–Crippen MR) is 141 cm³/mol. The van der Waals surface area contributed by atoms with Gasteiger partial charge in [-0.15, -0.1) is 0 Å². The van der Waals surface area contributed by atoms with Gasteiger partial charge in [0.15, 0.2) is 0 Å². The molecule has 1 fully saturated rings. The lowest BCUT2D eigenvalue weighted by atomic mass is 9.87. The summed E-state index contributed by atoms with van der Waals surface area (Å²) in [5, 5.41) is 2.61. The van der Waals surface area contributed by atoms with E-state index in [1.165, 1.54) is 25.7 Å². The molecule has 0 aromatic carbocycles. The van der Waals surface area contributed by atoms with Gasteiger partial charge in [0.25, 0.3) is 0 Å². The number of esters is 2. The number of allylic oxidation sites excluding steroid dienone is 3. The summed E-state index contributed by atoms with van der Waals surface area (Å²) in [6, 6.07) is -0.677. The lowest BCUT2D eigenvalue weighted by Crippen LogP contribution is -2.48. The minimum Gasteiger partial charge on any atom is -0.461 e. The van der Waals surface area contributed by atoms with Gasteiger partial charge in [0.2, 0.25) is 6.41 Å². The van der Waals surface area contributed by atoms with Crippen molar-refractivity contribution in [3.8, 4) is 0 Å². The van der Waals surface area contributed by atoms with Crippen molar-refractivity contribution in [3.63, 3.8) is 0 Å². The zero-order chi connectivity index (χ0) is 25.9. The molecule has 1 aliphatic rings. The fourth-order valence-corrected chi connectivity index (χ4v) is 4.32. The van der Waals surface area contributed by atoms with E-state index in [0.29, 0.717) is 19.3 Å². The molecule has 0 aromatic heterocycles. The molecule has 1 rings (SSSR count). The Morgan fingerprint density at radius 3 is 2.40 bits per heavy atom. The Kier molecular flexibility index (Phi) is 16.9. The predicted octanol–water partition coefficient (Wildman–Crippen LogP) is 6.43. The first-order valence-corrected chi connectivity index (χ1v) is 13.9. The van der Waals surface area contributed by atoms with Crippen LogP contribution in [0.4, 0.5) is 0 Å². The van der Waals surface area contributed by atoms with Crippen LogP contribution in [0.5, 0.6) is 0 Å². The summed E-state index contributed by atoms with van der Waals surface area (Å²) in [6.45, 7) is 8.27. The summed E-state index contributed by atoms with van der Waals surface area (Å²) in [5.41, 5.74) is 0. The SMILES string of the molecule is CCCCC/C=C/C/C=C/C[C@H](C[C@H]1OC(=O)[C@H]1CCCCCC)OC(=O)[C@H](NC=O)[C@@H](C)CC. The molecule has 200 valence electrons. The minimum atomic E-state index is -0.677. The maximum atomic E-state index is 12.9. The van der Waals surface area contributed by atoms with Crippen molar-refractivity contribution in [2.75, 3.05) is 0 Å². The zero-order valence-corrected chi connectivity index (χ0v) is 22.5. The van der Waals surface area contributed by atoms with E-state index in [9.17, 15) is 14.4 Å². The van der Waals surface area contributed by atoms with Crippen molar-refractivity contribution >= 4 is 18.3 Å². The van der Waals surface area contributed by atoms with E-state index >= 15 is 0 Å². The van der Waals surface area contributed by atoms with Crippen LogP contribution in [-0.4, -0.2) is 36.6 Å². The van der Waals surface area contributed by atoms with Crippen LogP contribution in [0.15, 0.2) is 24.3 Å². The lowest BCUT2D eigenvalue weighted by molar-refractivity contribution is -0.190. The molecule has 1 saturated heterocycles. The molecule has 0 saturated carbocycles. The summed E-state index contributed by atoms with van der Waals surface area (Å²) < 4.78 is 11.3. The molecule has 6 heteroatoms. The van der Waals surface area contributed by atoms with Crippen molar-refractivity contribution in [1.82, 2.24) is 5.32 Å². The number of carbonyl (C=O) groups is 3. The van der Waals surface area contributed by atoms with Crippen LogP contribution in [0, 0.1) is 11.8 Å². The van der Waals surface area contributed by atoms with Gasteiger partial charge in [0, 0.05) is 12.8 Å². The summed E-state index contributed by atoms with van der Waals surface area (Å²) >= 11 is 0. The molecule has 0 unspecified atom stereocenters.